The zero-order chi connectivity index (χ0) is 21.0. The van der Waals surface area contributed by atoms with Crippen LogP contribution in [0.15, 0.2) is 54.6 Å². The largest absolute Gasteiger partial charge is 0.323 e. The summed E-state index contributed by atoms with van der Waals surface area (Å²) in [6.45, 7) is 2.77. The summed E-state index contributed by atoms with van der Waals surface area (Å²) in [6.07, 6.45) is 3.92. The van der Waals surface area contributed by atoms with E-state index in [-0.39, 0.29) is 24.1 Å². The van der Waals surface area contributed by atoms with Crippen LogP contribution >= 0.6 is 0 Å². The second-order valence-corrected chi connectivity index (χ2v) is 8.35. The van der Waals surface area contributed by atoms with Gasteiger partial charge in [0, 0.05) is 6.42 Å². The van der Waals surface area contributed by atoms with Gasteiger partial charge in [-0.2, -0.15) is 0 Å². The number of halogens is 1. The first-order valence-corrected chi connectivity index (χ1v) is 10.7. The van der Waals surface area contributed by atoms with Crippen molar-refractivity contribution in [2.24, 2.45) is 5.92 Å². The Kier molecular flexibility index (Phi) is 6.13. The molecule has 1 atom stereocenters. The summed E-state index contributed by atoms with van der Waals surface area (Å²) >= 11 is 0. The molecule has 0 spiro atoms. The van der Waals surface area contributed by atoms with E-state index in [1.54, 1.807) is 18.2 Å². The molecule has 30 heavy (non-hydrogen) atoms. The number of nitrogens with one attached hydrogen (secondary N) is 2. The van der Waals surface area contributed by atoms with Gasteiger partial charge in [-0.15, -0.1) is 0 Å². The fraction of sp³-hybridized carbons (Fsp3) is 0.417. The molecule has 0 aliphatic carbocycles. The number of hydrogen-bond donors (Lipinski definition) is 2. The van der Waals surface area contributed by atoms with Crippen LogP contribution in [0.5, 0.6) is 0 Å². The number of carbonyl (C=O) groups excluding carboxylic acids is 2. The van der Waals surface area contributed by atoms with Crippen molar-refractivity contribution in [1.29, 1.82) is 0 Å². The zero-order valence-electron chi connectivity index (χ0n) is 17.1. The highest BCUT2D eigenvalue weighted by atomic mass is 19.1. The second-order valence-electron chi connectivity index (χ2n) is 8.35. The molecule has 6 heteroatoms. The van der Waals surface area contributed by atoms with Gasteiger partial charge in [0.15, 0.2) is 0 Å². The smallest absolute Gasteiger partial charge is 0.322 e. The molecule has 2 aliphatic heterocycles. The average Bonchev–Trinajstić information content (AvgIpc) is 3.05. The maximum Gasteiger partial charge on any atom is 0.322 e. The van der Waals surface area contributed by atoms with Crippen LogP contribution in [0.1, 0.15) is 30.4 Å². The SMILES string of the molecule is O=C1NC(=O)C(Cc2ccccc2F)(C2CCN(CCCc3ccccc3)CC2)N1. The fourth-order valence-electron chi connectivity index (χ4n) is 4.80. The van der Waals surface area contributed by atoms with Crippen molar-refractivity contribution in [2.45, 2.75) is 37.6 Å². The lowest BCUT2D eigenvalue weighted by Crippen LogP contribution is -2.57. The van der Waals surface area contributed by atoms with Crippen molar-refractivity contribution < 1.29 is 14.0 Å². The Morgan fingerprint density at radius 2 is 1.70 bits per heavy atom. The number of likely N-dealkylation sites (tertiary alicyclic amines) is 1. The lowest BCUT2D eigenvalue weighted by molar-refractivity contribution is -0.126. The summed E-state index contributed by atoms with van der Waals surface area (Å²) in [5.41, 5.74) is 0.733. The molecule has 0 aromatic heterocycles. The zero-order valence-corrected chi connectivity index (χ0v) is 17.1. The summed E-state index contributed by atoms with van der Waals surface area (Å²) in [4.78, 5) is 27.2. The van der Waals surface area contributed by atoms with Crippen LogP contribution in [0, 0.1) is 11.7 Å². The standard InChI is InChI=1S/C24H28FN3O2/c25-21-11-5-4-10-19(21)17-24(22(29)26-23(30)27-24)20-12-15-28(16-13-20)14-6-9-18-7-2-1-3-8-18/h1-5,7-8,10-11,20H,6,9,12-17H2,(H2,26,27,29,30). The number of amides is 3. The average molecular weight is 410 g/mol. The van der Waals surface area contributed by atoms with Gasteiger partial charge in [0.2, 0.25) is 0 Å². The molecule has 3 amide bonds. The number of benzene rings is 2. The van der Waals surface area contributed by atoms with E-state index in [0.29, 0.717) is 5.56 Å². The number of hydrogen-bond acceptors (Lipinski definition) is 3. The highest BCUT2D eigenvalue weighted by molar-refractivity contribution is 6.07. The van der Waals surface area contributed by atoms with E-state index >= 15 is 0 Å². The molecule has 0 radical (unpaired) electrons. The molecule has 4 rings (SSSR count). The third-order valence-electron chi connectivity index (χ3n) is 6.46. The number of piperidine rings is 1. The van der Waals surface area contributed by atoms with E-state index in [0.717, 1.165) is 45.3 Å². The Hall–Kier alpha value is -2.73. The van der Waals surface area contributed by atoms with Crippen molar-refractivity contribution in [2.75, 3.05) is 19.6 Å². The first-order chi connectivity index (χ1) is 14.6. The van der Waals surface area contributed by atoms with Crippen LogP contribution in [0.25, 0.3) is 0 Å². The van der Waals surface area contributed by atoms with E-state index in [1.165, 1.54) is 11.6 Å². The van der Waals surface area contributed by atoms with E-state index in [2.05, 4.69) is 39.8 Å². The van der Waals surface area contributed by atoms with Crippen LogP contribution < -0.4 is 10.6 Å². The highest BCUT2D eigenvalue weighted by Gasteiger charge is 2.52. The molecule has 2 aromatic carbocycles. The molecule has 5 nitrogen and oxygen atoms in total. The quantitative estimate of drug-likeness (QED) is 0.690. The van der Waals surface area contributed by atoms with Crippen molar-refractivity contribution in [1.82, 2.24) is 15.5 Å². The molecule has 2 heterocycles. The summed E-state index contributed by atoms with van der Waals surface area (Å²) in [5.74, 6) is -0.698. The summed E-state index contributed by atoms with van der Waals surface area (Å²) in [6, 6.07) is 16.5. The van der Waals surface area contributed by atoms with Crippen LogP contribution in [0.4, 0.5) is 9.18 Å². The number of urea groups is 1. The number of imide groups is 1. The van der Waals surface area contributed by atoms with E-state index in [9.17, 15) is 14.0 Å². The van der Waals surface area contributed by atoms with Crippen molar-refractivity contribution in [3.05, 3.63) is 71.5 Å². The molecule has 2 fully saturated rings. The van der Waals surface area contributed by atoms with Crippen molar-refractivity contribution >= 4 is 11.9 Å². The molecule has 158 valence electrons. The molecule has 0 bridgehead atoms. The first kappa shape index (κ1) is 20.5. The molecule has 2 aromatic rings. The Balaban J connectivity index is 1.38. The lowest BCUT2D eigenvalue weighted by atomic mass is 9.74. The Labute approximate surface area is 176 Å². The fourth-order valence-corrected chi connectivity index (χ4v) is 4.80. The summed E-state index contributed by atoms with van der Waals surface area (Å²) < 4.78 is 14.3. The normalized spacial score (nSPS) is 22.7. The van der Waals surface area contributed by atoms with E-state index in [1.807, 2.05) is 6.07 Å². The summed E-state index contributed by atoms with van der Waals surface area (Å²) in [5, 5.41) is 5.24. The van der Waals surface area contributed by atoms with Gasteiger partial charge in [0.25, 0.3) is 5.91 Å². The molecular formula is C24H28FN3O2. The van der Waals surface area contributed by atoms with Crippen LogP contribution in [-0.4, -0.2) is 42.0 Å². The molecule has 2 saturated heterocycles. The first-order valence-electron chi connectivity index (χ1n) is 10.7. The van der Waals surface area contributed by atoms with Gasteiger partial charge < -0.3 is 10.2 Å². The maximum atomic E-state index is 14.3. The third kappa shape index (κ3) is 4.38. The second kappa shape index (κ2) is 8.96. The van der Waals surface area contributed by atoms with Gasteiger partial charge in [-0.25, -0.2) is 9.18 Å². The van der Waals surface area contributed by atoms with Gasteiger partial charge in [-0.1, -0.05) is 48.5 Å². The number of aryl methyl sites for hydroxylation is 1. The Bertz CT molecular complexity index is 896. The minimum absolute atomic E-state index is 0.0195. The minimum atomic E-state index is -1.07. The number of carbonyl (C=O) groups is 2. The highest BCUT2D eigenvalue weighted by Crippen LogP contribution is 2.34. The predicted octanol–water partition coefficient (Wildman–Crippen LogP) is 3.29. The molecule has 2 N–H and O–H groups in total. The summed E-state index contributed by atoms with van der Waals surface area (Å²) in [7, 11) is 0. The molecule has 1 unspecified atom stereocenters. The maximum absolute atomic E-state index is 14.3. The molecule has 0 saturated carbocycles. The minimum Gasteiger partial charge on any atom is -0.323 e. The van der Waals surface area contributed by atoms with E-state index in [4.69, 9.17) is 0 Å². The van der Waals surface area contributed by atoms with E-state index < -0.39 is 11.6 Å². The molecule has 2 aliphatic rings. The van der Waals surface area contributed by atoms with Gasteiger partial charge in [0.05, 0.1) is 0 Å². The van der Waals surface area contributed by atoms with Crippen molar-refractivity contribution in [3.8, 4) is 0 Å². The third-order valence-corrected chi connectivity index (χ3v) is 6.46. The number of nitrogens with zero attached hydrogens (tertiary/aromatic N) is 1. The predicted molar refractivity (Wildman–Crippen MR) is 113 cm³/mol. The van der Waals surface area contributed by atoms with Gasteiger partial charge in [0.1, 0.15) is 11.4 Å². The van der Waals surface area contributed by atoms with Gasteiger partial charge >= 0.3 is 6.03 Å². The molecular weight excluding hydrogens is 381 g/mol. The number of rotatable bonds is 7. The van der Waals surface area contributed by atoms with Crippen LogP contribution in [-0.2, 0) is 17.6 Å². The van der Waals surface area contributed by atoms with Gasteiger partial charge in [-0.05, 0) is 68.4 Å². The monoisotopic (exact) mass is 409 g/mol. The van der Waals surface area contributed by atoms with Crippen LogP contribution in [0.3, 0.4) is 0 Å². The topological polar surface area (TPSA) is 61.4 Å². The lowest BCUT2D eigenvalue weighted by Gasteiger charge is -2.40. The Morgan fingerprint density at radius 3 is 2.37 bits per heavy atom. The Morgan fingerprint density at radius 1 is 1.00 bits per heavy atom. The van der Waals surface area contributed by atoms with Crippen molar-refractivity contribution in [3.63, 3.8) is 0 Å². The van der Waals surface area contributed by atoms with Crippen LogP contribution in [0.2, 0.25) is 0 Å². The van der Waals surface area contributed by atoms with Gasteiger partial charge in [-0.3, -0.25) is 10.1 Å².